The lowest BCUT2D eigenvalue weighted by Crippen LogP contribution is -2.14. The lowest BCUT2D eigenvalue weighted by Gasteiger charge is -2.09. The van der Waals surface area contributed by atoms with Crippen molar-refractivity contribution in [2.24, 2.45) is 16.5 Å². The van der Waals surface area contributed by atoms with Gasteiger partial charge in [0, 0.05) is 11.6 Å². The van der Waals surface area contributed by atoms with E-state index in [2.05, 4.69) is 18.9 Å². The van der Waals surface area contributed by atoms with Gasteiger partial charge in [-0.2, -0.15) is 5.10 Å². The Kier molecular flexibility index (Phi) is 3.55. The zero-order chi connectivity index (χ0) is 18.9. The Labute approximate surface area is 152 Å². The summed E-state index contributed by atoms with van der Waals surface area (Å²) in [5, 5.41) is 9.54. The molecule has 2 N–H and O–H groups in total. The maximum Gasteiger partial charge on any atom is 0.271 e. The van der Waals surface area contributed by atoms with Gasteiger partial charge in [0.05, 0.1) is 16.3 Å². The first-order valence-electron chi connectivity index (χ1n) is 8.54. The van der Waals surface area contributed by atoms with Crippen molar-refractivity contribution in [1.82, 2.24) is 9.78 Å². The maximum atomic E-state index is 12.6. The van der Waals surface area contributed by atoms with Crippen molar-refractivity contribution in [2.75, 3.05) is 0 Å². The molecule has 1 saturated carbocycles. The van der Waals surface area contributed by atoms with E-state index in [4.69, 9.17) is 5.14 Å². The lowest BCUT2D eigenvalue weighted by atomic mass is 9.98. The van der Waals surface area contributed by atoms with Crippen molar-refractivity contribution in [3.05, 3.63) is 52.9 Å². The van der Waals surface area contributed by atoms with Gasteiger partial charge in [0.2, 0.25) is 10.0 Å². The SMILES string of the molecule is Cc1nn(C(=O)/C=C/c2ccc(S(N)(=O)=O)cc2)c2c1[C@H]1[C@@H](C2)C1(C)C. The zero-order valence-corrected chi connectivity index (χ0v) is 15.7. The largest absolute Gasteiger partial charge is 0.271 e. The molecular formula is C19H21N3O3S. The quantitative estimate of drug-likeness (QED) is 0.839. The molecule has 4 rings (SSSR count). The van der Waals surface area contributed by atoms with Gasteiger partial charge in [-0.15, -0.1) is 0 Å². The average Bonchev–Trinajstić information content (AvgIpc) is 2.92. The molecule has 6 nitrogen and oxygen atoms in total. The highest BCUT2D eigenvalue weighted by atomic mass is 32.2. The Morgan fingerprint density at radius 2 is 1.96 bits per heavy atom. The molecule has 1 fully saturated rings. The summed E-state index contributed by atoms with van der Waals surface area (Å²) in [6.45, 7) is 6.51. The molecule has 0 saturated heterocycles. The molecule has 1 aromatic heterocycles. The van der Waals surface area contributed by atoms with Gasteiger partial charge in [0.25, 0.3) is 5.91 Å². The van der Waals surface area contributed by atoms with E-state index in [0.29, 0.717) is 17.3 Å². The molecule has 0 amide bonds. The summed E-state index contributed by atoms with van der Waals surface area (Å²) in [5.41, 5.74) is 4.26. The van der Waals surface area contributed by atoms with Crippen molar-refractivity contribution in [1.29, 1.82) is 0 Å². The minimum Gasteiger partial charge on any atom is -0.267 e. The number of nitrogens with two attached hydrogens (primary N) is 1. The molecule has 2 aliphatic rings. The first kappa shape index (κ1) is 17.2. The fourth-order valence-electron chi connectivity index (χ4n) is 4.28. The van der Waals surface area contributed by atoms with Crippen LogP contribution in [0.4, 0.5) is 0 Å². The van der Waals surface area contributed by atoms with E-state index in [0.717, 1.165) is 23.4 Å². The molecule has 0 radical (unpaired) electrons. The van der Waals surface area contributed by atoms with Crippen LogP contribution in [0.2, 0.25) is 0 Å². The van der Waals surface area contributed by atoms with Gasteiger partial charge in [-0.05, 0) is 54.4 Å². The van der Waals surface area contributed by atoms with Crippen LogP contribution in [-0.4, -0.2) is 24.1 Å². The summed E-state index contributed by atoms with van der Waals surface area (Å²) >= 11 is 0. The number of carbonyl (C=O) groups excluding carboxylic acids is 1. The number of allylic oxidation sites excluding steroid dienone is 1. The summed E-state index contributed by atoms with van der Waals surface area (Å²) in [6, 6.07) is 6.07. The molecule has 2 atom stereocenters. The number of primary sulfonamides is 1. The molecule has 0 bridgehead atoms. The van der Waals surface area contributed by atoms with Crippen LogP contribution in [0.3, 0.4) is 0 Å². The molecule has 2 aromatic rings. The van der Waals surface area contributed by atoms with E-state index in [1.165, 1.54) is 28.5 Å². The number of aryl methyl sites for hydroxylation is 1. The number of rotatable bonds is 3. The third-order valence-electron chi connectivity index (χ3n) is 5.82. The van der Waals surface area contributed by atoms with E-state index >= 15 is 0 Å². The van der Waals surface area contributed by atoms with E-state index in [1.54, 1.807) is 18.2 Å². The highest BCUT2D eigenvalue weighted by Gasteiger charge is 2.63. The number of hydrogen-bond acceptors (Lipinski definition) is 4. The van der Waals surface area contributed by atoms with Crippen molar-refractivity contribution in [3.63, 3.8) is 0 Å². The molecule has 136 valence electrons. The lowest BCUT2D eigenvalue weighted by molar-refractivity contribution is 0.0951. The van der Waals surface area contributed by atoms with E-state index in [-0.39, 0.29) is 10.8 Å². The molecule has 0 aliphatic heterocycles. The van der Waals surface area contributed by atoms with Gasteiger partial charge >= 0.3 is 0 Å². The van der Waals surface area contributed by atoms with Crippen LogP contribution in [0.15, 0.2) is 35.2 Å². The van der Waals surface area contributed by atoms with Crippen molar-refractivity contribution >= 4 is 22.0 Å². The monoisotopic (exact) mass is 371 g/mol. The van der Waals surface area contributed by atoms with Crippen molar-refractivity contribution in [2.45, 2.75) is 38.0 Å². The first-order valence-corrected chi connectivity index (χ1v) is 10.1. The van der Waals surface area contributed by atoms with Gasteiger partial charge in [0.15, 0.2) is 0 Å². The fourth-order valence-corrected chi connectivity index (χ4v) is 4.80. The third kappa shape index (κ3) is 2.54. The highest BCUT2D eigenvalue weighted by molar-refractivity contribution is 7.89. The Hall–Kier alpha value is -2.25. The third-order valence-corrected chi connectivity index (χ3v) is 6.75. The van der Waals surface area contributed by atoms with Crippen LogP contribution >= 0.6 is 0 Å². The second kappa shape index (κ2) is 5.37. The fraction of sp³-hybridized carbons (Fsp3) is 0.368. The summed E-state index contributed by atoms with van der Waals surface area (Å²) in [6.07, 6.45) is 4.02. The van der Waals surface area contributed by atoms with E-state index in [1.807, 2.05) is 6.92 Å². The average molecular weight is 371 g/mol. The van der Waals surface area contributed by atoms with Crippen LogP contribution in [0, 0.1) is 18.3 Å². The molecule has 0 spiro atoms. The van der Waals surface area contributed by atoms with Crippen LogP contribution in [0.1, 0.15) is 47.1 Å². The zero-order valence-electron chi connectivity index (χ0n) is 14.9. The number of sulfonamides is 1. The molecule has 0 unspecified atom stereocenters. The van der Waals surface area contributed by atoms with E-state index < -0.39 is 10.0 Å². The number of hydrogen-bond donors (Lipinski definition) is 1. The minimum atomic E-state index is -3.71. The normalized spacial score (nSPS) is 23.1. The van der Waals surface area contributed by atoms with Crippen LogP contribution < -0.4 is 5.14 Å². The molecule has 26 heavy (non-hydrogen) atoms. The molecule has 1 aromatic carbocycles. The Morgan fingerprint density at radius 3 is 2.58 bits per heavy atom. The predicted molar refractivity (Wildman–Crippen MR) is 98.2 cm³/mol. The number of carbonyl (C=O) groups is 1. The topological polar surface area (TPSA) is 95.0 Å². The molecule has 1 heterocycles. The van der Waals surface area contributed by atoms with Crippen molar-refractivity contribution < 1.29 is 13.2 Å². The van der Waals surface area contributed by atoms with Crippen LogP contribution in [-0.2, 0) is 16.4 Å². The molecular weight excluding hydrogens is 350 g/mol. The first-order chi connectivity index (χ1) is 12.1. The number of fused-ring (bicyclic) bond motifs is 3. The van der Waals surface area contributed by atoms with E-state index in [9.17, 15) is 13.2 Å². The Bertz CT molecular complexity index is 1050. The minimum absolute atomic E-state index is 0.0448. The van der Waals surface area contributed by atoms with Gasteiger partial charge in [0.1, 0.15) is 0 Å². The standard InChI is InChI=1S/C19H21N3O3S/c1-11-17-15(10-14-18(17)19(14,2)3)22(21-11)16(23)9-6-12-4-7-13(8-5-12)26(20,24)25/h4-9,14,18H,10H2,1-3H3,(H2,20,24,25)/b9-6+/t14-,18-/m1/s1. The van der Waals surface area contributed by atoms with Crippen LogP contribution in [0.5, 0.6) is 0 Å². The summed E-state index contributed by atoms with van der Waals surface area (Å²) in [4.78, 5) is 12.6. The summed E-state index contributed by atoms with van der Waals surface area (Å²) in [7, 11) is -3.71. The summed E-state index contributed by atoms with van der Waals surface area (Å²) in [5.74, 6) is 0.945. The number of aromatic nitrogens is 2. The Balaban J connectivity index is 1.56. The number of nitrogens with zero attached hydrogens (tertiary/aromatic N) is 2. The highest BCUT2D eigenvalue weighted by Crippen LogP contribution is 2.70. The Morgan fingerprint density at radius 1 is 1.31 bits per heavy atom. The maximum absolute atomic E-state index is 12.6. The van der Waals surface area contributed by atoms with Gasteiger partial charge < -0.3 is 0 Å². The number of benzene rings is 1. The van der Waals surface area contributed by atoms with Crippen LogP contribution in [0.25, 0.3) is 6.08 Å². The second-order valence-corrected chi connectivity index (χ2v) is 9.31. The van der Waals surface area contributed by atoms with Gasteiger partial charge in [-0.3, -0.25) is 4.79 Å². The molecule has 2 aliphatic carbocycles. The summed E-state index contributed by atoms with van der Waals surface area (Å²) < 4.78 is 24.1. The van der Waals surface area contributed by atoms with Crippen molar-refractivity contribution in [3.8, 4) is 0 Å². The van der Waals surface area contributed by atoms with Gasteiger partial charge in [-0.1, -0.05) is 26.0 Å². The molecule has 7 heteroatoms. The predicted octanol–water partition coefficient (Wildman–Crippen LogP) is 2.49. The smallest absolute Gasteiger partial charge is 0.267 e. The van der Waals surface area contributed by atoms with Gasteiger partial charge in [-0.25, -0.2) is 18.2 Å². The second-order valence-electron chi connectivity index (χ2n) is 7.75.